The molecule has 2 nitrogen and oxygen atoms in total. The van der Waals surface area contributed by atoms with E-state index in [1.54, 1.807) is 12.1 Å². The van der Waals surface area contributed by atoms with E-state index in [1.165, 1.54) is 44.2 Å². The van der Waals surface area contributed by atoms with Gasteiger partial charge in [0.15, 0.2) is 0 Å². The van der Waals surface area contributed by atoms with E-state index in [4.69, 9.17) is 0 Å². The maximum Gasteiger partial charge on any atom is 0.310 e. The van der Waals surface area contributed by atoms with Crippen molar-refractivity contribution in [2.45, 2.75) is 50.9 Å². The number of carbonyl (C=O) groups is 1. The predicted octanol–water partition coefficient (Wildman–Crippen LogP) is 4.35. The Morgan fingerprint density at radius 2 is 2.05 bits per heavy atom. The Morgan fingerprint density at radius 1 is 1.32 bits per heavy atom. The van der Waals surface area contributed by atoms with Crippen LogP contribution < -0.4 is 0 Å². The fourth-order valence-electron chi connectivity index (χ4n) is 3.03. The molecule has 1 saturated carbocycles. The lowest BCUT2D eigenvalue weighted by molar-refractivity contribution is -0.139. The molecule has 2 rings (SSSR count). The summed E-state index contributed by atoms with van der Waals surface area (Å²) in [6.07, 6.45) is 7.83. The van der Waals surface area contributed by atoms with Crippen molar-refractivity contribution in [3.63, 3.8) is 0 Å². The van der Waals surface area contributed by atoms with Crippen LogP contribution in [0.2, 0.25) is 0 Å². The predicted molar refractivity (Wildman–Crippen MR) is 72.6 cm³/mol. The summed E-state index contributed by atoms with van der Waals surface area (Å²) in [5.41, 5.74) is 0.586. The molecule has 1 unspecified atom stereocenters. The molecule has 0 aromatic heterocycles. The minimum atomic E-state index is -0.846. The number of rotatable bonds is 5. The second-order valence-electron chi connectivity index (χ2n) is 5.53. The van der Waals surface area contributed by atoms with Crippen LogP contribution in [0.15, 0.2) is 24.3 Å². The van der Waals surface area contributed by atoms with Gasteiger partial charge in [-0.15, -0.1) is 0 Å². The molecule has 0 spiro atoms. The first-order valence-corrected chi connectivity index (χ1v) is 7.15. The number of hydrogen-bond donors (Lipinski definition) is 1. The van der Waals surface area contributed by atoms with E-state index in [0.717, 1.165) is 6.42 Å². The van der Waals surface area contributed by atoms with Gasteiger partial charge in [0, 0.05) is 0 Å². The lowest BCUT2D eigenvalue weighted by atomic mass is 9.83. The number of hydrogen-bond acceptors (Lipinski definition) is 1. The second kappa shape index (κ2) is 6.69. The average molecular weight is 264 g/mol. The van der Waals surface area contributed by atoms with E-state index < -0.39 is 11.9 Å². The smallest absolute Gasteiger partial charge is 0.310 e. The Balaban J connectivity index is 1.98. The second-order valence-corrected chi connectivity index (χ2v) is 5.53. The summed E-state index contributed by atoms with van der Waals surface area (Å²) in [6, 6.07) is 5.99. The van der Waals surface area contributed by atoms with E-state index in [9.17, 15) is 14.3 Å². The first kappa shape index (κ1) is 14.0. The van der Waals surface area contributed by atoms with Gasteiger partial charge in [-0.05, 0) is 36.5 Å². The van der Waals surface area contributed by atoms with Crippen LogP contribution in [0.4, 0.5) is 4.39 Å². The van der Waals surface area contributed by atoms with Gasteiger partial charge < -0.3 is 5.11 Å². The summed E-state index contributed by atoms with van der Waals surface area (Å²) < 4.78 is 13.2. The van der Waals surface area contributed by atoms with E-state index in [0.29, 0.717) is 17.9 Å². The minimum Gasteiger partial charge on any atom is -0.481 e. The molecule has 0 amide bonds. The topological polar surface area (TPSA) is 37.3 Å². The monoisotopic (exact) mass is 264 g/mol. The van der Waals surface area contributed by atoms with Crippen LogP contribution in [0.25, 0.3) is 0 Å². The van der Waals surface area contributed by atoms with Crippen molar-refractivity contribution in [3.8, 4) is 0 Å². The molecule has 1 aromatic rings. The summed E-state index contributed by atoms with van der Waals surface area (Å²) in [5.74, 6) is -1.12. The number of benzene rings is 1. The molecular weight excluding hydrogens is 243 g/mol. The molecule has 0 aliphatic heterocycles. The largest absolute Gasteiger partial charge is 0.481 e. The lowest BCUT2D eigenvalue weighted by Gasteiger charge is -2.23. The molecule has 1 atom stereocenters. The van der Waals surface area contributed by atoms with Crippen LogP contribution in [-0.4, -0.2) is 11.1 Å². The third-order valence-corrected chi connectivity index (χ3v) is 4.14. The van der Waals surface area contributed by atoms with Gasteiger partial charge in [-0.2, -0.15) is 0 Å². The zero-order valence-electron chi connectivity index (χ0n) is 11.1. The van der Waals surface area contributed by atoms with Gasteiger partial charge >= 0.3 is 5.97 Å². The van der Waals surface area contributed by atoms with Crippen LogP contribution in [0.1, 0.15) is 56.4 Å². The first-order valence-electron chi connectivity index (χ1n) is 7.15. The first-order chi connectivity index (χ1) is 9.16. The van der Waals surface area contributed by atoms with E-state index in [1.807, 2.05) is 0 Å². The van der Waals surface area contributed by atoms with Crippen LogP contribution in [0, 0.1) is 11.7 Å². The SMILES string of the molecule is O=C(O)C(CCC1CCCCC1)c1cccc(F)c1. The van der Waals surface area contributed by atoms with Crippen molar-refractivity contribution in [1.29, 1.82) is 0 Å². The summed E-state index contributed by atoms with van der Waals surface area (Å²) in [7, 11) is 0. The Labute approximate surface area is 113 Å². The number of halogens is 1. The van der Waals surface area contributed by atoms with Gasteiger partial charge in [-0.25, -0.2) is 4.39 Å². The summed E-state index contributed by atoms with van der Waals surface area (Å²) in [4.78, 5) is 11.4. The minimum absolute atomic E-state index is 0.360. The molecule has 1 fully saturated rings. The maximum absolute atomic E-state index is 13.2. The lowest BCUT2D eigenvalue weighted by Crippen LogP contribution is -2.15. The van der Waals surface area contributed by atoms with Gasteiger partial charge in [-0.3, -0.25) is 4.79 Å². The maximum atomic E-state index is 13.2. The fourth-order valence-corrected chi connectivity index (χ4v) is 3.03. The van der Waals surface area contributed by atoms with Gasteiger partial charge in [0.25, 0.3) is 0 Å². The zero-order chi connectivity index (χ0) is 13.7. The highest BCUT2D eigenvalue weighted by Crippen LogP contribution is 2.31. The van der Waals surface area contributed by atoms with Gasteiger partial charge in [0.05, 0.1) is 5.92 Å². The highest BCUT2D eigenvalue weighted by Gasteiger charge is 2.22. The third kappa shape index (κ3) is 4.05. The Bertz CT molecular complexity index is 425. The van der Waals surface area contributed by atoms with Crippen molar-refractivity contribution in [1.82, 2.24) is 0 Å². The molecule has 1 aromatic carbocycles. The molecule has 0 bridgehead atoms. The Morgan fingerprint density at radius 3 is 2.68 bits per heavy atom. The molecule has 104 valence electrons. The van der Waals surface area contributed by atoms with Gasteiger partial charge in [0.2, 0.25) is 0 Å². The fraction of sp³-hybridized carbons (Fsp3) is 0.562. The number of carboxylic acid groups (broad SMARTS) is 1. The molecule has 1 aliphatic rings. The molecule has 1 N–H and O–H groups in total. The van der Waals surface area contributed by atoms with Crippen molar-refractivity contribution in [3.05, 3.63) is 35.6 Å². The molecular formula is C16H21FO2. The number of carboxylic acids is 1. The molecule has 1 aliphatic carbocycles. The van der Waals surface area contributed by atoms with Crippen LogP contribution in [-0.2, 0) is 4.79 Å². The molecule has 0 radical (unpaired) electrons. The standard InChI is InChI=1S/C16H21FO2/c17-14-8-4-7-13(11-14)15(16(18)19)10-9-12-5-2-1-3-6-12/h4,7-8,11-12,15H,1-3,5-6,9-10H2,(H,18,19). The van der Waals surface area contributed by atoms with Gasteiger partial charge in [0.1, 0.15) is 5.82 Å². The quantitative estimate of drug-likeness (QED) is 0.858. The van der Waals surface area contributed by atoms with E-state index in [-0.39, 0.29) is 5.82 Å². The van der Waals surface area contributed by atoms with Crippen molar-refractivity contribution < 1.29 is 14.3 Å². The van der Waals surface area contributed by atoms with Crippen molar-refractivity contribution in [2.24, 2.45) is 5.92 Å². The molecule has 3 heteroatoms. The summed E-state index contributed by atoms with van der Waals surface area (Å²) >= 11 is 0. The summed E-state index contributed by atoms with van der Waals surface area (Å²) in [6.45, 7) is 0. The molecule has 0 heterocycles. The van der Waals surface area contributed by atoms with Crippen LogP contribution in [0.3, 0.4) is 0 Å². The third-order valence-electron chi connectivity index (χ3n) is 4.14. The average Bonchev–Trinajstić information content (AvgIpc) is 2.40. The Hall–Kier alpha value is -1.38. The van der Waals surface area contributed by atoms with Crippen molar-refractivity contribution >= 4 is 5.97 Å². The Kier molecular flexibility index (Phi) is 4.94. The van der Waals surface area contributed by atoms with Crippen LogP contribution in [0.5, 0.6) is 0 Å². The van der Waals surface area contributed by atoms with E-state index >= 15 is 0 Å². The van der Waals surface area contributed by atoms with Gasteiger partial charge in [-0.1, -0.05) is 44.2 Å². The molecule has 0 saturated heterocycles. The van der Waals surface area contributed by atoms with E-state index in [2.05, 4.69) is 0 Å². The highest BCUT2D eigenvalue weighted by molar-refractivity contribution is 5.76. The normalized spacial score (nSPS) is 18.2. The zero-order valence-corrected chi connectivity index (χ0v) is 11.1. The highest BCUT2D eigenvalue weighted by atomic mass is 19.1. The number of aliphatic carboxylic acids is 1. The van der Waals surface area contributed by atoms with Crippen LogP contribution >= 0.6 is 0 Å². The van der Waals surface area contributed by atoms with Crippen molar-refractivity contribution in [2.75, 3.05) is 0 Å². The molecule has 19 heavy (non-hydrogen) atoms. The summed E-state index contributed by atoms with van der Waals surface area (Å²) in [5, 5.41) is 9.32.